The molecular weight excluding hydrogens is 216 g/mol. The normalized spacial score (nSPS) is 11.9. The predicted octanol–water partition coefficient (Wildman–Crippen LogP) is -2.18. The van der Waals surface area contributed by atoms with Crippen molar-refractivity contribution in [3.05, 3.63) is 0 Å². The van der Waals surface area contributed by atoms with Crippen LogP contribution in [0.1, 0.15) is 6.42 Å². The molecule has 0 radical (unpaired) electrons. The molecule has 0 spiro atoms. The van der Waals surface area contributed by atoms with Crippen molar-refractivity contribution < 1.29 is 9.59 Å². The smallest absolute Gasteiger partial charge is 0.242 e. The van der Waals surface area contributed by atoms with Gasteiger partial charge in [0, 0.05) is 13.1 Å². The van der Waals surface area contributed by atoms with E-state index in [1.54, 1.807) is 0 Å². The van der Waals surface area contributed by atoms with E-state index in [0.717, 1.165) is 0 Å². The highest BCUT2D eigenvalue weighted by atomic mass is 32.1. The number of thiol groups is 1. The molecule has 2 amide bonds. The minimum atomic E-state index is -0.579. The van der Waals surface area contributed by atoms with Gasteiger partial charge in [-0.25, -0.2) is 0 Å². The van der Waals surface area contributed by atoms with Crippen molar-refractivity contribution in [1.82, 2.24) is 10.6 Å². The van der Waals surface area contributed by atoms with Gasteiger partial charge in [-0.15, -0.1) is 0 Å². The monoisotopic (exact) mass is 234 g/mol. The Morgan fingerprint density at radius 1 is 1.33 bits per heavy atom. The van der Waals surface area contributed by atoms with Crippen LogP contribution in [0.3, 0.4) is 0 Å². The van der Waals surface area contributed by atoms with E-state index in [0.29, 0.717) is 25.3 Å². The Balaban J connectivity index is 4.11. The maximum absolute atomic E-state index is 11.5. The van der Waals surface area contributed by atoms with Crippen molar-refractivity contribution in [2.24, 2.45) is 11.5 Å². The first-order chi connectivity index (χ1) is 7.15. The van der Waals surface area contributed by atoms with Crippen LogP contribution in [0, 0.1) is 0 Å². The zero-order valence-corrected chi connectivity index (χ0v) is 9.43. The van der Waals surface area contributed by atoms with Crippen molar-refractivity contribution in [3.8, 4) is 0 Å². The molecule has 15 heavy (non-hydrogen) atoms. The van der Waals surface area contributed by atoms with E-state index in [-0.39, 0.29) is 18.4 Å². The molecule has 0 saturated heterocycles. The van der Waals surface area contributed by atoms with Gasteiger partial charge in [0.25, 0.3) is 0 Å². The fourth-order valence-corrected chi connectivity index (χ4v) is 1.23. The lowest BCUT2D eigenvalue weighted by atomic mass is 10.2. The molecule has 1 atom stereocenters. The summed E-state index contributed by atoms with van der Waals surface area (Å²) in [6.07, 6.45) is 0.464. The van der Waals surface area contributed by atoms with Crippen molar-refractivity contribution in [1.29, 1.82) is 0 Å². The second-order valence-corrected chi connectivity index (χ2v) is 3.36. The Morgan fingerprint density at radius 3 is 2.47 bits per heavy atom. The Hall–Kier alpha value is -0.790. The van der Waals surface area contributed by atoms with Crippen molar-refractivity contribution in [2.75, 3.05) is 25.4 Å². The van der Waals surface area contributed by atoms with Crippen molar-refractivity contribution in [3.63, 3.8) is 0 Å². The zero-order chi connectivity index (χ0) is 11.7. The second-order valence-electron chi connectivity index (χ2n) is 2.92. The van der Waals surface area contributed by atoms with Gasteiger partial charge in [-0.1, -0.05) is 0 Å². The molecule has 6 N–H and O–H groups in total. The molecule has 6 nitrogen and oxygen atoms in total. The first-order valence-corrected chi connectivity index (χ1v) is 5.37. The Morgan fingerprint density at radius 2 is 2.00 bits per heavy atom. The van der Waals surface area contributed by atoms with Gasteiger partial charge in [0.15, 0.2) is 0 Å². The van der Waals surface area contributed by atoms with E-state index in [1.807, 2.05) is 0 Å². The largest absolute Gasteiger partial charge is 0.353 e. The minimum Gasteiger partial charge on any atom is -0.353 e. The number of nitrogens with one attached hydrogen (secondary N) is 2. The number of carbonyl (C=O) groups excluding carboxylic acids is 2. The standard InChI is InChI=1S/C8H18N4O2S/c9-2-3-11-8(14)6(1-4-15)12-7(13)5-10/h6,15H,1-5,9-10H2,(H,11,14)(H,12,13)/t6-/m0/s1. The van der Waals surface area contributed by atoms with Crippen LogP contribution in [-0.2, 0) is 9.59 Å². The molecule has 0 aliphatic carbocycles. The van der Waals surface area contributed by atoms with E-state index < -0.39 is 6.04 Å². The SMILES string of the molecule is NCCNC(=O)[C@H](CCS)NC(=O)CN. The Labute approximate surface area is 94.6 Å². The first kappa shape index (κ1) is 14.2. The average molecular weight is 234 g/mol. The highest BCUT2D eigenvalue weighted by molar-refractivity contribution is 7.80. The van der Waals surface area contributed by atoms with Crippen LogP contribution in [0.5, 0.6) is 0 Å². The maximum Gasteiger partial charge on any atom is 0.242 e. The number of nitrogens with two attached hydrogens (primary N) is 2. The topological polar surface area (TPSA) is 110 Å². The third-order valence-electron chi connectivity index (χ3n) is 1.70. The summed E-state index contributed by atoms with van der Waals surface area (Å²) in [5.41, 5.74) is 10.4. The van der Waals surface area contributed by atoms with Gasteiger partial charge in [0.05, 0.1) is 6.54 Å². The highest BCUT2D eigenvalue weighted by Crippen LogP contribution is 1.94. The van der Waals surface area contributed by atoms with E-state index >= 15 is 0 Å². The van der Waals surface area contributed by atoms with Crippen LogP contribution < -0.4 is 22.1 Å². The van der Waals surface area contributed by atoms with E-state index in [2.05, 4.69) is 23.3 Å². The van der Waals surface area contributed by atoms with Crippen LogP contribution in [-0.4, -0.2) is 43.2 Å². The Kier molecular flexibility index (Phi) is 8.06. The lowest BCUT2D eigenvalue weighted by Crippen LogP contribution is -2.49. The fraction of sp³-hybridized carbons (Fsp3) is 0.750. The number of hydrogen-bond acceptors (Lipinski definition) is 5. The van der Waals surface area contributed by atoms with Crippen LogP contribution >= 0.6 is 12.6 Å². The molecule has 0 aromatic carbocycles. The number of rotatable bonds is 7. The fourth-order valence-electron chi connectivity index (χ4n) is 0.970. The van der Waals surface area contributed by atoms with Crippen LogP contribution in [0.4, 0.5) is 0 Å². The average Bonchev–Trinajstić information content (AvgIpc) is 2.24. The molecule has 0 aliphatic rings. The molecular formula is C8H18N4O2S. The van der Waals surface area contributed by atoms with Gasteiger partial charge < -0.3 is 22.1 Å². The molecule has 0 heterocycles. The number of carbonyl (C=O) groups is 2. The van der Waals surface area contributed by atoms with E-state index in [1.165, 1.54) is 0 Å². The summed E-state index contributed by atoms with van der Waals surface area (Å²) in [7, 11) is 0. The molecule has 0 aromatic rings. The lowest BCUT2D eigenvalue weighted by Gasteiger charge is -2.16. The molecule has 0 fully saturated rings. The number of amides is 2. The van der Waals surface area contributed by atoms with Crippen LogP contribution in [0.2, 0.25) is 0 Å². The predicted molar refractivity (Wildman–Crippen MR) is 61.5 cm³/mol. The molecule has 0 rings (SSSR count). The summed E-state index contributed by atoms with van der Waals surface area (Å²) in [5.74, 6) is -0.105. The van der Waals surface area contributed by atoms with E-state index in [9.17, 15) is 9.59 Å². The summed E-state index contributed by atoms with van der Waals surface area (Å²) in [4.78, 5) is 22.5. The van der Waals surface area contributed by atoms with Gasteiger partial charge in [-0.2, -0.15) is 12.6 Å². The molecule has 0 saturated carbocycles. The molecule has 0 aliphatic heterocycles. The van der Waals surface area contributed by atoms with Gasteiger partial charge in [0.2, 0.25) is 11.8 Å². The zero-order valence-electron chi connectivity index (χ0n) is 8.53. The van der Waals surface area contributed by atoms with Crippen molar-refractivity contribution in [2.45, 2.75) is 12.5 Å². The minimum absolute atomic E-state index is 0.132. The summed E-state index contributed by atoms with van der Waals surface area (Å²) in [6.45, 7) is 0.623. The van der Waals surface area contributed by atoms with E-state index in [4.69, 9.17) is 11.5 Å². The van der Waals surface area contributed by atoms with Crippen molar-refractivity contribution >= 4 is 24.4 Å². The maximum atomic E-state index is 11.5. The third-order valence-corrected chi connectivity index (χ3v) is 1.96. The van der Waals surface area contributed by atoms with Crippen LogP contribution in [0.25, 0.3) is 0 Å². The lowest BCUT2D eigenvalue weighted by molar-refractivity contribution is -0.128. The third kappa shape index (κ3) is 6.32. The summed E-state index contributed by atoms with van der Waals surface area (Å²) >= 11 is 4.01. The summed E-state index contributed by atoms with van der Waals surface area (Å²) in [5, 5.41) is 5.10. The second kappa shape index (κ2) is 8.51. The number of hydrogen-bond donors (Lipinski definition) is 5. The van der Waals surface area contributed by atoms with Gasteiger partial charge in [-0.05, 0) is 12.2 Å². The highest BCUT2D eigenvalue weighted by Gasteiger charge is 2.18. The molecule has 0 aromatic heterocycles. The summed E-state index contributed by atoms with van der Waals surface area (Å²) in [6, 6.07) is -0.579. The summed E-state index contributed by atoms with van der Waals surface area (Å²) < 4.78 is 0. The quantitative estimate of drug-likeness (QED) is 0.323. The van der Waals surface area contributed by atoms with Gasteiger partial charge in [0.1, 0.15) is 6.04 Å². The molecule has 0 bridgehead atoms. The first-order valence-electron chi connectivity index (χ1n) is 4.73. The Bertz CT molecular complexity index is 213. The molecule has 88 valence electrons. The molecule has 0 unspecified atom stereocenters. The van der Waals surface area contributed by atoms with Gasteiger partial charge in [-0.3, -0.25) is 9.59 Å². The van der Waals surface area contributed by atoms with Crippen LogP contribution in [0.15, 0.2) is 0 Å². The van der Waals surface area contributed by atoms with Gasteiger partial charge >= 0.3 is 0 Å². The molecule has 7 heteroatoms.